The van der Waals surface area contributed by atoms with Gasteiger partial charge in [-0.05, 0) is 128 Å². The van der Waals surface area contributed by atoms with Gasteiger partial charge in [0, 0.05) is 107 Å². The predicted molar refractivity (Wildman–Crippen MR) is 460 cm³/mol. The maximum Gasteiger partial charge on any atom is 0.418 e. The van der Waals surface area contributed by atoms with Crippen molar-refractivity contribution in [2.24, 2.45) is 44.6 Å². The lowest BCUT2D eigenvalue weighted by Gasteiger charge is -2.33. The first-order valence-electron chi connectivity index (χ1n) is 39.2. The minimum atomic E-state index is -4.55. The Balaban J connectivity index is 0.000000257. The van der Waals surface area contributed by atoms with E-state index in [-0.39, 0.29) is 90.5 Å². The summed E-state index contributed by atoms with van der Waals surface area (Å²) in [7, 11) is 8.14. The Hall–Kier alpha value is -9.92. The molecule has 3 fully saturated rings. The Morgan fingerprint density at radius 2 is 1.25 bits per heavy atom. The lowest BCUT2D eigenvalue weighted by Crippen LogP contribution is -2.40. The van der Waals surface area contributed by atoms with Crippen molar-refractivity contribution in [3.8, 4) is 5.75 Å². The van der Waals surface area contributed by atoms with Crippen LogP contribution in [0.2, 0.25) is 25.1 Å². The first kappa shape index (κ1) is 103. The van der Waals surface area contributed by atoms with Crippen molar-refractivity contribution in [1.29, 1.82) is 0 Å². The molecule has 0 spiro atoms. The van der Waals surface area contributed by atoms with Gasteiger partial charge >= 0.3 is 18.1 Å². The smallest absolute Gasteiger partial charge is 0.418 e. The van der Waals surface area contributed by atoms with Crippen LogP contribution in [0, 0.1) is 34.5 Å². The Bertz CT molecular complexity index is 4750. The van der Waals surface area contributed by atoms with Crippen LogP contribution in [-0.2, 0) is 71.7 Å². The number of nitrogens with zero attached hydrogens (tertiary/aromatic N) is 12. The van der Waals surface area contributed by atoms with Crippen LogP contribution >= 0.6 is 58.0 Å². The third-order valence-electron chi connectivity index (χ3n) is 18.2. The van der Waals surface area contributed by atoms with Crippen LogP contribution in [0.4, 0.5) is 18.9 Å². The second kappa shape index (κ2) is 49.4. The lowest BCUT2D eigenvalue weighted by atomic mass is 9.77. The van der Waals surface area contributed by atoms with Gasteiger partial charge in [0.15, 0.2) is 28.9 Å². The molecule has 27 nitrogen and oxygen atoms in total. The maximum atomic E-state index is 13.1. The second-order valence-corrected chi connectivity index (χ2v) is 33.6. The minimum absolute atomic E-state index is 0.00249. The summed E-state index contributed by atoms with van der Waals surface area (Å²) in [5, 5.41) is 43.8. The normalized spacial score (nSPS) is 16.3. The number of carboxylic acids is 1. The zero-order valence-electron chi connectivity index (χ0n) is 70.7. The van der Waals surface area contributed by atoms with E-state index in [1.54, 1.807) is 79.8 Å². The maximum absolute atomic E-state index is 13.1. The molecule has 35 heteroatoms. The van der Waals surface area contributed by atoms with Gasteiger partial charge in [-0.3, -0.25) is 47.9 Å². The molecule has 0 aliphatic heterocycles. The summed E-state index contributed by atoms with van der Waals surface area (Å²) < 4.78 is 61.2. The third-order valence-corrected chi connectivity index (χ3v) is 19.5. The third kappa shape index (κ3) is 34.4. The average Bonchev–Trinajstić information content (AvgIpc) is 1.57. The summed E-state index contributed by atoms with van der Waals surface area (Å²) in [5.41, 5.74) is 1.70. The number of aromatic nitrogens is 9. The minimum Gasteiger partial charge on any atom is -0.511 e. The van der Waals surface area contributed by atoms with Crippen LogP contribution in [0.15, 0.2) is 175 Å². The molecule has 660 valence electrons. The van der Waals surface area contributed by atoms with E-state index in [0.29, 0.717) is 51.1 Å². The number of allylic oxidation sites excluding steroid dienone is 2. The van der Waals surface area contributed by atoms with Crippen LogP contribution in [0.5, 0.6) is 5.75 Å². The first-order valence-corrected chi connectivity index (χ1v) is 41.1. The van der Waals surface area contributed by atoms with Gasteiger partial charge in [0.05, 0.1) is 85.8 Å². The van der Waals surface area contributed by atoms with Gasteiger partial charge in [0.2, 0.25) is 5.78 Å². The highest BCUT2D eigenvalue weighted by atomic mass is 35.5. The van der Waals surface area contributed by atoms with Crippen LogP contribution in [-0.4, -0.2) is 183 Å². The molecule has 4 aromatic heterocycles. The Morgan fingerprint density at radius 1 is 0.672 bits per heavy atom. The number of pyridine rings is 1. The summed E-state index contributed by atoms with van der Waals surface area (Å²) in [6, 6.07) is 27.0. The second-order valence-electron chi connectivity index (χ2n) is 31.5. The first-order chi connectivity index (χ1) is 57.4. The number of hydrogen-bond acceptors (Lipinski definition) is 22. The van der Waals surface area contributed by atoms with Crippen molar-refractivity contribution in [3.63, 3.8) is 0 Å². The topological polar surface area (TPSA) is 351 Å². The number of aliphatic carboxylic acids is 1. The summed E-state index contributed by atoms with van der Waals surface area (Å²) in [5.74, 6) is -6.23. The number of carbonyl (C=O) groups is 8. The zero-order chi connectivity index (χ0) is 90.8. The fourth-order valence-electron chi connectivity index (χ4n) is 11.9. The van der Waals surface area contributed by atoms with Crippen molar-refractivity contribution in [2.45, 2.75) is 164 Å². The predicted octanol–water partition coefficient (Wildman–Crippen LogP) is 17.4. The van der Waals surface area contributed by atoms with Crippen molar-refractivity contribution < 1.29 is 90.4 Å². The number of imidazole rings is 1. The Labute approximate surface area is 733 Å². The number of carboxylic acid groups (broad SMARTS) is 1. The van der Waals surface area contributed by atoms with E-state index >= 15 is 0 Å². The number of alkyl halides is 3. The molecular formula is C87H107Cl5F3N12O15+. The quantitative estimate of drug-likeness (QED) is 0.00457. The van der Waals surface area contributed by atoms with Gasteiger partial charge in [-0.1, -0.05) is 150 Å². The van der Waals surface area contributed by atoms with Crippen molar-refractivity contribution >= 4 is 122 Å². The molecule has 4 heterocycles. The van der Waals surface area contributed by atoms with Crippen molar-refractivity contribution in [2.75, 3.05) is 54.6 Å². The van der Waals surface area contributed by atoms with Gasteiger partial charge in [-0.2, -0.15) is 23.4 Å². The lowest BCUT2D eigenvalue weighted by molar-refractivity contribution is -0.870. The number of rotatable bonds is 25. The molecule has 122 heavy (non-hydrogen) atoms. The largest absolute Gasteiger partial charge is 0.511 e. The number of hydrogen-bond donors (Lipinski definition) is 3. The standard InChI is InChI=1S/C15H15ClF3N3O.C15H20ClN3O.C14H12Cl2N2O.C14H16ClN3O2.C13H16O5.C10H12O5.C6H16N/c1-2-7-23-9-14(22-6-5-20-10-22)21-13-4-3-11(16)8-12(13)15(17,18)19;1-15(2,3)14(20)13(19-10-17-9-18-19)8-11-4-6-12(16)7-5-11;1-19-18-14(7-10-3-2-6-17-9-10)12-5-4-11(15)8-13(12)16;1-14(2,3)12(19)13(18-9-16-8-17-18)20-11-6-4-10(15)5-7-11;1-2-18-13(17)8-5-9(14)11(10(15)6-8)12(16)7-3-4-7;1-2-6(11)9-7(12)3-5(10(14)15)4-8(9)13;1-5-6-7(2,3)4/h3-6,8,10H,2,7,9H2,1H3;4-7,9-10,13-14,20H,8H2,1-3H3;2-6,8-9H,7H2,1H3;4-9,13H,1-3H3;7-8,16H,2-6H2,1H3;5,9H,2-4H2,1H3,(H,14,15);5-6H2,1-4H3/q;;;;;;+1/b;;18-14+;;;;. The highest BCUT2D eigenvalue weighted by Gasteiger charge is 2.43. The number of aliphatic hydroxyl groups excluding tert-OH is 2. The molecule has 8 aromatic rings. The number of ketones is 6. The number of esters is 1. The molecule has 3 aliphatic carbocycles. The van der Waals surface area contributed by atoms with E-state index in [9.17, 15) is 61.7 Å². The summed E-state index contributed by atoms with van der Waals surface area (Å²) >= 11 is 29.5. The molecule has 3 atom stereocenters. The van der Waals surface area contributed by atoms with E-state index in [0.717, 1.165) is 52.2 Å². The molecule has 0 amide bonds. The Morgan fingerprint density at radius 3 is 1.72 bits per heavy atom. The fraction of sp³-hybridized carbons (Fsp3) is 0.448. The van der Waals surface area contributed by atoms with Gasteiger partial charge in [0.1, 0.15) is 68.6 Å². The number of benzene rings is 4. The van der Waals surface area contributed by atoms with E-state index in [2.05, 4.69) is 68.3 Å². The summed E-state index contributed by atoms with van der Waals surface area (Å²) in [6.45, 7) is 21.0. The highest BCUT2D eigenvalue weighted by molar-refractivity contribution is 6.37. The fourth-order valence-corrected chi connectivity index (χ4v) is 12.8. The molecule has 3 unspecified atom stereocenters. The molecule has 3 saturated carbocycles. The SMILES string of the molecule is CC(C)(C)C(=O)C(Oc1ccc(Cl)cc1)n1cncn1.CC(C)(C)C(O)C(Cc1ccc(Cl)cc1)n1cncn1.CCC(=O)C1C(=O)CC(C(=O)O)CC1=O.CCCOCC(=Nc1ccc(Cl)cc1C(F)(F)F)n1ccnc1.CCC[N+](C)(C)C.CCOC(=O)C1CC(=O)C(=C(O)C2CC2)C(=O)C1.CO/N=C(\Cc1cccnc1)c1ccc(Cl)cc1Cl. The van der Waals surface area contributed by atoms with E-state index < -0.39 is 88.1 Å². The number of aliphatic imine (C=N–C) groups is 1. The number of quaternary nitrogens is 1. The van der Waals surface area contributed by atoms with Gasteiger partial charge in [-0.25, -0.2) is 29.3 Å². The van der Waals surface area contributed by atoms with Crippen LogP contribution in [0.1, 0.15) is 162 Å². The van der Waals surface area contributed by atoms with Crippen molar-refractivity contribution in [1.82, 2.24) is 44.1 Å². The van der Waals surface area contributed by atoms with E-state index in [4.69, 9.17) is 82.2 Å². The molecular weight excluding hydrogens is 1690 g/mol. The van der Waals surface area contributed by atoms with Crippen LogP contribution < -0.4 is 4.74 Å². The molecule has 0 saturated heterocycles. The number of ether oxygens (including phenoxy) is 3. The van der Waals surface area contributed by atoms with E-state index in [1.807, 2.05) is 90.9 Å². The van der Waals surface area contributed by atoms with Gasteiger partial charge < -0.3 is 38.9 Å². The average molecular weight is 1800 g/mol. The number of aliphatic hydroxyl groups is 2. The van der Waals surface area contributed by atoms with E-state index in [1.165, 1.54) is 73.0 Å². The monoisotopic (exact) mass is 1790 g/mol. The number of Topliss-reactive ketones (excluding diaryl/α,β-unsaturated/α-hetero) is 6. The van der Waals surface area contributed by atoms with Crippen LogP contribution in [0.3, 0.4) is 0 Å². The molecule has 3 aliphatic rings. The molecule has 4 aromatic carbocycles. The molecule has 0 bridgehead atoms. The van der Waals surface area contributed by atoms with Crippen LogP contribution in [0.25, 0.3) is 0 Å². The van der Waals surface area contributed by atoms with Gasteiger partial charge in [-0.15, -0.1) is 0 Å². The highest BCUT2D eigenvalue weighted by Crippen LogP contribution is 2.41. The number of oxime groups is 1. The summed E-state index contributed by atoms with van der Waals surface area (Å²) in [6.07, 6.45) is 12.7. The number of carbonyl (C=O) groups excluding carboxylic acids is 7. The molecule has 0 radical (unpaired) electrons. The Kier molecular flexibility index (Phi) is 41.6. The molecule has 11 rings (SSSR count). The van der Waals surface area contributed by atoms with Crippen molar-refractivity contribution in [3.05, 3.63) is 212 Å². The number of halogens is 8. The summed E-state index contributed by atoms with van der Waals surface area (Å²) in [4.78, 5) is 117. The van der Waals surface area contributed by atoms with Gasteiger partial charge in [0.25, 0.3) is 6.23 Å². The zero-order valence-corrected chi connectivity index (χ0v) is 74.5. The molecule has 3 N–H and O–H groups in total.